The summed E-state index contributed by atoms with van der Waals surface area (Å²) < 4.78 is 27.6. The monoisotopic (exact) mass is 340 g/mol. The molecule has 3 aliphatic rings. The Morgan fingerprint density at radius 3 is 2.80 bits per heavy atom. The smallest absolute Gasteiger partial charge is 0.178 e. The summed E-state index contributed by atoms with van der Waals surface area (Å²) >= 11 is 0. The van der Waals surface area contributed by atoms with E-state index in [0.717, 1.165) is 30.6 Å². The van der Waals surface area contributed by atoms with Crippen LogP contribution in [0.2, 0.25) is 0 Å². The minimum atomic E-state index is -0.506. The molecule has 0 radical (unpaired) electrons. The molecule has 2 fully saturated rings. The quantitative estimate of drug-likeness (QED) is 0.790. The number of hydrogen-bond acceptors (Lipinski definition) is 3. The average molecular weight is 340 g/mol. The molecule has 2 heterocycles. The Hall–Kier alpha value is -1.98. The molecule has 3 atom stereocenters. The standard InChI is InChI=1S/C20H21FN2O2/c1-13-12-24-20(25-13)8-7-15-9-18-14(10-19(15,20)2)11-22-23(18)17-5-3-16(21)4-6-17/h3-6,9,11,13H,7-8,10,12H2,1-2H3/t13-,19+,20-/m1/s1. The predicted molar refractivity (Wildman–Crippen MR) is 91.8 cm³/mol. The van der Waals surface area contributed by atoms with Crippen molar-refractivity contribution in [3.63, 3.8) is 0 Å². The number of hydrogen-bond donors (Lipinski definition) is 0. The first-order valence-electron chi connectivity index (χ1n) is 8.86. The summed E-state index contributed by atoms with van der Waals surface area (Å²) in [5, 5.41) is 4.55. The fourth-order valence-corrected chi connectivity index (χ4v) is 4.66. The fourth-order valence-electron chi connectivity index (χ4n) is 4.66. The highest BCUT2D eigenvalue weighted by molar-refractivity contribution is 5.62. The van der Waals surface area contributed by atoms with Crippen LogP contribution in [0.1, 0.15) is 37.9 Å². The molecule has 1 saturated heterocycles. The van der Waals surface area contributed by atoms with E-state index in [9.17, 15) is 4.39 Å². The summed E-state index contributed by atoms with van der Waals surface area (Å²) in [4.78, 5) is 0. The summed E-state index contributed by atoms with van der Waals surface area (Å²) in [7, 11) is 0. The second-order valence-corrected chi connectivity index (χ2v) is 7.61. The molecular formula is C20H21FN2O2. The van der Waals surface area contributed by atoms with E-state index in [1.54, 1.807) is 12.1 Å². The van der Waals surface area contributed by atoms with Crippen molar-refractivity contribution < 1.29 is 13.9 Å². The molecule has 2 aromatic rings. The van der Waals surface area contributed by atoms with Gasteiger partial charge in [-0.05, 0) is 55.7 Å². The van der Waals surface area contributed by atoms with Gasteiger partial charge in [-0.1, -0.05) is 12.5 Å². The Kier molecular flexibility index (Phi) is 3.07. The Morgan fingerprint density at radius 2 is 2.08 bits per heavy atom. The average Bonchev–Trinajstić information content (AvgIpc) is 3.24. The molecule has 25 heavy (non-hydrogen) atoms. The fraction of sp³-hybridized carbons (Fsp3) is 0.450. The molecule has 1 aromatic heterocycles. The summed E-state index contributed by atoms with van der Waals surface area (Å²) in [5.41, 5.74) is 4.35. The van der Waals surface area contributed by atoms with Gasteiger partial charge in [-0.3, -0.25) is 0 Å². The highest BCUT2D eigenvalue weighted by Crippen LogP contribution is 2.59. The third-order valence-electron chi connectivity index (χ3n) is 6.03. The maximum atomic E-state index is 13.2. The van der Waals surface area contributed by atoms with Crippen molar-refractivity contribution in [1.82, 2.24) is 9.78 Å². The van der Waals surface area contributed by atoms with Crippen LogP contribution in [0.25, 0.3) is 11.8 Å². The number of benzene rings is 1. The van der Waals surface area contributed by atoms with Gasteiger partial charge in [0.15, 0.2) is 5.79 Å². The van der Waals surface area contributed by atoms with E-state index in [2.05, 4.69) is 25.0 Å². The van der Waals surface area contributed by atoms with Gasteiger partial charge in [-0.2, -0.15) is 5.10 Å². The van der Waals surface area contributed by atoms with Gasteiger partial charge >= 0.3 is 0 Å². The summed E-state index contributed by atoms with van der Waals surface area (Å²) in [6.07, 6.45) is 7.01. The minimum absolute atomic E-state index is 0.138. The first-order chi connectivity index (χ1) is 12.0. The van der Waals surface area contributed by atoms with E-state index in [1.807, 2.05) is 10.9 Å². The lowest BCUT2D eigenvalue weighted by atomic mass is 9.72. The van der Waals surface area contributed by atoms with E-state index in [4.69, 9.17) is 9.47 Å². The van der Waals surface area contributed by atoms with Gasteiger partial charge in [0.05, 0.1) is 30.3 Å². The molecule has 4 nitrogen and oxygen atoms in total. The Bertz CT molecular complexity index is 872. The van der Waals surface area contributed by atoms with Crippen molar-refractivity contribution in [2.24, 2.45) is 5.41 Å². The topological polar surface area (TPSA) is 36.3 Å². The van der Waals surface area contributed by atoms with Gasteiger partial charge in [0.25, 0.3) is 0 Å². The van der Waals surface area contributed by atoms with Crippen LogP contribution in [0.4, 0.5) is 4.39 Å². The van der Waals surface area contributed by atoms with Crippen molar-refractivity contribution in [2.75, 3.05) is 6.61 Å². The van der Waals surface area contributed by atoms with Crippen molar-refractivity contribution in [2.45, 2.75) is 45.0 Å². The molecule has 0 bridgehead atoms. The number of halogens is 1. The van der Waals surface area contributed by atoms with Crippen LogP contribution >= 0.6 is 0 Å². The molecular weight excluding hydrogens is 319 g/mol. The van der Waals surface area contributed by atoms with Crippen molar-refractivity contribution >= 4 is 6.08 Å². The van der Waals surface area contributed by atoms with E-state index >= 15 is 0 Å². The first-order valence-corrected chi connectivity index (χ1v) is 8.86. The van der Waals surface area contributed by atoms with Crippen LogP contribution < -0.4 is 0 Å². The van der Waals surface area contributed by atoms with Gasteiger partial charge in [0.1, 0.15) is 5.82 Å². The van der Waals surface area contributed by atoms with Crippen LogP contribution in [0.5, 0.6) is 0 Å². The molecule has 0 N–H and O–H groups in total. The van der Waals surface area contributed by atoms with Crippen molar-refractivity contribution in [3.05, 3.63) is 53.1 Å². The normalized spacial score (nSPS) is 33.4. The molecule has 0 unspecified atom stereocenters. The second-order valence-electron chi connectivity index (χ2n) is 7.61. The van der Waals surface area contributed by atoms with Gasteiger partial charge in [-0.15, -0.1) is 0 Å². The van der Waals surface area contributed by atoms with Gasteiger partial charge in [-0.25, -0.2) is 9.07 Å². The molecule has 1 aliphatic heterocycles. The molecule has 1 aromatic carbocycles. The zero-order valence-corrected chi connectivity index (χ0v) is 14.5. The van der Waals surface area contributed by atoms with Crippen LogP contribution in [0, 0.1) is 11.2 Å². The Balaban J connectivity index is 1.58. The van der Waals surface area contributed by atoms with Crippen molar-refractivity contribution in [3.8, 4) is 5.69 Å². The SMILES string of the molecule is C[C@@H]1CO[C@]2(CCC3=Cc4c(cnn4-c4ccc(F)cc4)C[C@@]32C)O1. The molecule has 1 saturated carbocycles. The van der Waals surface area contributed by atoms with Gasteiger partial charge in [0, 0.05) is 11.8 Å². The lowest BCUT2D eigenvalue weighted by Crippen LogP contribution is -2.46. The summed E-state index contributed by atoms with van der Waals surface area (Å²) in [6.45, 7) is 4.98. The third-order valence-corrected chi connectivity index (χ3v) is 6.03. The largest absolute Gasteiger partial charge is 0.346 e. The number of nitrogens with zero attached hydrogens (tertiary/aromatic N) is 2. The van der Waals surface area contributed by atoms with E-state index in [-0.39, 0.29) is 17.3 Å². The lowest BCUT2D eigenvalue weighted by molar-refractivity contribution is -0.216. The summed E-state index contributed by atoms with van der Waals surface area (Å²) in [5.74, 6) is -0.744. The van der Waals surface area contributed by atoms with Gasteiger partial charge in [0.2, 0.25) is 0 Å². The molecule has 130 valence electrons. The van der Waals surface area contributed by atoms with Gasteiger partial charge < -0.3 is 9.47 Å². The number of rotatable bonds is 1. The molecule has 2 aliphatic carbocycles. The van der Waals surface area contributed by atoms with Crippen LogP contribution in [-0.2, 0) is 15.9 Å². The maximum Gasteiger partial charge on any atom is 0.178 e. The first kappa shape index (κ1) is 15.3. The number of ether oxygens (including phenoxy) is 2. The minimum Gasteiger partial charge on any atom is -0.346 e. The number of fused-ring (bicyclic) bond motifs is 3. The lowest BCUT2D eigenvalue weighted by Gasteiger charge is -2.41. The molecule has 1 spiro atoms. The third kappa shape index (κ3) is 2.02. The highest BCUT2D eigenvalue weighted by atomic mass is 19.1. The van der Waals surface area contributed by atoms with Crippen molar-refractivity contribution in [1.29, 1.82) is 0 Å². The summed E-state index contributed by atoms with van der Waals surface area (Å²) in [6, 6.07) is 6.46. The van der Waals surface area contributed by atoms with Crippen LogP contribution in [-0.4, -0.2) is 28.3 Å². The maximum absolute atomic E-state index is 13.2. The second kappa shape index (κ2) is 5.02. The number of aromatic nitrogens is 2. The zero-order chi connectivity index (χ0) is 17.2. The highest BCUT2D eigenvalue weighted by Gasteiger charge is 2.61. The Morgan fingerprint density at radius 1 is 1.28 bits per heavy atom. The van der Waals surface area contributed by atoms with Crippen LogP contribution in [0.3, 0.4) is 0 Å². The van der Waals surface area contributed by atoms with E-state index in [1.165, 1.54) is 23.3 Å². The molecule has 5 rings (SSSR count). The zero-order valence-electron chi connectivity index (χ0n) is 14.5. The van der Waals surface area contributed by atoms with Crippen LogP contribution in [0.15, 0.2) is 36.0 Å². The van der Waals surface area contributed by atoms with E-state index in [0.29, 0.717) is 6.61 Å². The molecule has 0 amide bonds. The molecule has 5 heteroatoms. The predicted octanol–water partition coefficient (Wildman–Crippen LogP) is 3.88. The van der Waals surface area contributed by atoms with E-state index < -0.39 is 5.79 Å². The Labute approximate surface area is 146 Å².